The van der Waals surface area contributed by atoms with Gasteiger partial charge in [0.2, 0.25) is 0 Å². The van der Waals surface area contributed by atoms with Crippen molar-refractivity contribution in [2.45, 2.75) is 66.2 Å². The Morgan fingerprint density at radius 1 is 1.12 bits per heavy atom. The van der Waals surface area contributed by atoms with Gasteiger partial charge in [0.25, 0.3) is 0 Å². The molecule has 4 nitrogen and oxygen atoms in total. The fourth-order valence-corrected chi connectivity index (χ4v) is 3.37. The van der Waals surface area contributed by atoms with Crippen molar-refractivity contribution in [1.29, 1.82) is 0 Å². The molecule has 1 saturated carbocycles. The minimum atomic E-state index is 0.135. The molecule has 1 aromatic carbocycles. The van der Waals surface area contributed by atoms with Crippen LogP contribution in [0.4, 0.5) is 0 Å². The molecular formula is C20H29N3O. The van der Waals surface area contributed by atoms with Crippen LogP contribution in [-0.2, 0) is 19.6 Å². The first-order valence-corrected chi connectivity index (χ1v) is 8.93. The molecule has 3 rings (SSSR count). The number of benzene rings is 1. The van der Waals surface area contributed by atoms with E-state index in [0.717, 1.165) is 18.8 Å². The summed E-state index contributed by atoms with van der Waals surface area (Å²) < 4.78 is 1.94. The van der Waals surface area contributed by atoms with Crippen LogP contribution in [0.5, 0.6) is 0 Å². The van der Waals surface area contributed by atoms with Gasteiger partial charge in [0.05, 0.1) is 18.8 Å². The van der Waals surface area contributed by atoms with Crippen molar-refractivity contribution in [3.05, 3.63) is 51.8 Å². The van der Waals surface area contributed by atoms with Gasteiger partial charge in [-0.2, -0.15) is 5.10 Å². The van der Waals surface area contributed by atoms with Crippen LogP contribution in [0.2, 0.25) is 0 Å². The Morgan fingerprint density at radius 3 is 2.50 bits per heavy atom. The second-order valence-corrected chi connectivity index (χ2v) is 7.15. The molecule has 1 aliphatic carbocycles. The SMILES string of the molecule is Cc1ccc(CN(Cc2c(C)nn(CCO)c2C)C2CC2)cc1C. The van der Waals surface area contributed by atoms with Crippen LogP contribution in [0.1, 0.15) is 46.5 Å². The van der Waals surface area contributed by atoms with Crippen molar-refractivity contribution in [2.75, 3.05) is 6.61 Å². The Kier molecular flexibility index (Phi) is 5.07. The van der Waals surface area contributed by atoms with Gasteiger partial charge >= 0.3 is 0 Å². The summed E-state index contributed by atoms with van der Waals surface area (Å²) >= 11 is 0. The maximum atomic E-state index is 9.20. The zero-order chi connectivity index (χ0) is 17.3. The largest absolute Gasteiger partial charge is 0.394 e. The summed E-state index contributed by atoms with van der Waals surface area (Å²) in [6.07, 6.45) is 2.60. The number of aromatic nitrogens is 2. The first kappa shape index (κ1) is 17.2. The molecule has 0 radical (unpaired) electrons. The van der Waals surface area contributed by atoms with Crippen molar-refractivity contribution in [3.8, 4) is 0 Å². The molecule has 4 heteroatoms. The van der Waals surface area contributed by atoms with Crippen molar-refractivity contribution in [2.24, 2.45) is 0 Å². The summed E-state index contributed by atoms with van der Waals surface area (Å²) in [5.74, 6) is 0. The highest BCUT2D eigenvalue weighted by Crippen LogP contribution is 2.31. The molecule has 0 aliphatic heterocycles. The first-order valence-electron chi connectivity index (χ1n) is 8.93. The van der Waals surface area contributed by atoms with E-state index in [9.17, 15) is 5.11 Å². The molecule has 0 atom stereocenters. The highest BCUT2D eigenvalue weighted by Gasteiger charge is 2.30. The number of rotatable bonds is 7. The third-order valence-corrected chi connectivity index (χ3v) is 5.22. The Balaban J connectivity index is 1.78. The van der Waals surface area contributed by atoms with Gasteiger partial charge in [-0.1, -0.05) is 18.2 Å². The molecule has 2 aromatic rings. The molecule has 0 spiro atoms. The Hall–Kier alpha value is -1.65. The van der Waals surface area contributed by atoms with E-state index in [1.807, 2.05) is 4.68 Å². The Bertz CT molecular complexity index is 716. The maximum Gasteiger partial charge on any atom is 0.0644 e. The summed E-state index contributed by atoms with van der Waals surface area (Å²) in [5.41, 5.74) is 7.71. The van der Waals surface area contributed by atoms with Crippen molar-refractivity contribution < 1.29 is 5.11 Å². The lowest BCUT2D eigenvalue weighted by Crippen LogP contribution is -2.25. The normalized spacial score (nSPS) is 14.6. The van der Waals surface area contributed by atoms with Crippen LogP contribution in [-0.4, -0.2) is 32.4 Å². The van der Waals surface area contributed by atoms with Gasteiger partial charge in [-0.3, -0.25) is 9.58 Å². The van der Waals surface area contributed by atoms with Gasteiger partial charge in [0.15, 0.2) is 0 Å². The van der Waals surface area contributed by atoms with Gasteiger partial charge in [0.1, 0.15) is 0 Å². The maximum absolute atomic E-state index is 9.20. The monoisotopic (exact) mass is 327 g/mol. The third-order valence-electron chi connectivity index (χ3n) is 5.22. The summed E-state index contributed by atoms with van der Waals surface area (Å²) in [7, 11) is 0. The summed E-state index contributed by atoms with van der Waals surface area (Å²) in [6.45, 7) is 11.2. The van der Waals surface area contributed by atoms with E-state index in [1.54, 1.807) is 0 Å². The number of hydrogen-bond donors (Lipinski definition) is 1. The van der Waals surface area contributed by atoms with Gasteiger partial charge < -0.3 is 5.11 Å². The molecule has 1 aromatic heterocycles. The average Bonchev–Trinajstić information content (AvgIpc) is 3.34. The van der Waals surface area contributed by atoms with Gasteiger partial charge in [-0.05, 0) is 57.2 Å². The molecule has 0 bridgehead atoms. The molecule has 1 fully saturated rings. The Labute approximate surface area is 145 Å². The van der Waals surface area contributed by atoms with E-state index < -0.39 is 0 Å². The topological polar surface area (TPSA) is 41.3 Å². The first-order chi connectivity index (χ1) is 11.5. The van der Waals surface area contributed by atoms with Crippen LogP contribution in [0.15, 0.2) is 18.2 Å². The highest BCUT2D eigenvalue weighted by molar-refractivity contribution is 5.30. The van der Waals surface area contributed by atoms with E-state index in [1.165, 1.54) is 40.8 Å². The van der Waals surface area contributed by atoms with E-state index in [-0.39, 0.29) is 6.61 Å². The standard InChI is InChI=1S/C20H29N3O/c1-14-5-6-18(11-15(14)2)12-22(19-7-8-19)13-20-16(3)21-23(9-10-24)17(20)4/h5-6,11,19,24H,7-10,12-13H2,1-4H3. The fraction of sp³-hybridized carbons (Fsp3) is 0.550. The lowest BCUT2D eigenvalue weighted by Gasteiger charge is -2.23. The average molecular weight is 327 g/mol. The van der Waals surface area contributed by atoms with Gasteiger partial charge in [-0.15, -0.1) is 0 Å². The molecule has 24 heavy (non-hydrogen) atoms. The lowest BCUT2D eigenvalue weighted by atomic mass is 10.1. The molecule has 1 N–H and O–H groups in total. The highest BCUT2D eigenvalue weighted by atomic mass is 16.3. The quantitative estimate of drug-likeness (QED) is 0.848. The van der Waals surface area contributed by atoms with Crippen LogP contribution in [0, 0.1) is 27.7 Å². The molecule has 0 saturated heterocycles. The predicted octanol–water partition coefficient (Wildman–Crippen LogP) is 3.27. The molecule has 0 unspecified atom stereocenters. The van der Waals surface area contributed by atoms with E-state index in [2.05, 4.69) is 55.9 Å². The Morgan fingerprint density at radius 2 is 1.88 bits per heavy atom. The summed E-state index contributed by atoms with van der Waals surface area (Å²) in [4.78, 5) is 2.59. The van der Waals surface area contributed by atoms with Gasteiger partial charge in [0, 0.05) is 30.4 Å². The van der Waals surface area contributed by atoms with E-state index >= 15 is 0 Å². The smallest absolute Gasteiger partial charge is 0.0644 e. The van der Waals surface area contributed by atoms with Crippen LogP contribution in [0.3, 0.4) is 0 Å². The molecule has 0 amide bonds. The summed E-state index contributed by atoms with van der Waals surface area (Å²) in [6, 6.07) is 7.50. The molecular weight excluding hydrogens is 298 g/mol. The van der Waals surface area contributed by atoms with Crippen LogP contribution in [0.25, 0.3) is 0 Å². The lowest BCUT2D eigenvalue weighted by molar-refractivity contribution is 0.244. The molecule has 1 heterocycles. The molecule has 1 aliphatic rings. The fourth-order valence-electron chi connectivity index (χ4n) is 3.37. The van der Waals surface area contributed by atoms with Crippen molar-refractivity contribution in [3.63, 3.8) is 0 Å². The number of aliphatic hydroxyl groups is 1. The minimum Gasteiger partial charge on any atom is -0.394 e. The number of hydrogen-bond acceptors (Lipinski definition) is 3. The number of nitrogens with zero attached hydrogens (tertiary/aromatic N) is 3. The minimum absolute atomic E-state index is 0.135. The molecule has 130 valence electrons. The van der Waals surface area contributed by atoms with Gasteiger partial charge in [-0.25, -0.2) is 0 Å². The predicted molar refractivity (Wildman–Crippen MR) is 97.0 cm³/mol. The second kappa shape index (κ2) is 7.08. The number of aliphatic hydroxyl groups excluding tert-OH is 1. The zero-order valence-electron chi connectivity index (χ0n) is 15.3. The van der Waals surface area contributed by atoms with Crippen LogP contribution >= 0.6 is 0 Å². The zero-order valence-corrected chi connectivity index (χ0v) is 15.3. The van der Waals surface area contributed by atoms with E-state index in [4.69, 9.17) is 0 Å². The number of aryl methyl sites for hydroxylation is 3. The second-order valence-electron chi connectivity index (χ2n) is 7.15. The third kappa shape index (κ3) is 3.70. The van der Waals surface area contributed by atoms with Crippen molar-refractivity contribution in [1.82, 2.24) is 14.7 Å². The van der Waals surface area contributed by atoms with Crippen molar-refractivity contribution >= 4 is 0 Å². The summed E-state index contributed by atoms with van der Waals surface area (Å²) in [5, 5.41) is 13.8. The van der Waals surface area contributed by atoms with E-state index in [0.29, 0.717) is 12.6 Å². The van der Waals surface area contributed by atoms with Crippen LogP contribution < -0.4 is 0 Å².